The van der Waals surface area contributed by atoms with E-state index in [0.29, 0.717) is 5.56 Å². The van der Waals surface area contributed by atoms with Crippen molar-refractivity contribution in [1.29, 1.82) is 0 Å². The number of hydrogen-bond donors (Lipinski definition) is 2. The number of amides is 1. The number of carboxylic acid groups (broad SMARTS) is 1. The summed E-state index contributed by atoms with van der Waals surface area (Å²) in [4.78, 5) is 23.5. The van der Waals surface area contributed by atoms with Gasteiger partial charge in [0.25, 0.3) is 5.91 Å². The molecular weight excluding hydrogens is 256 g/mol. The SMILES string of the molecule is Cn1cc(C(=O)NC(C(=O)O)C2CC2)c2ccccc21. The standard InChI is InChI=1S/C15H16N2O3/c1-17-8-11(10-4-2-3-5-12(10)17)14(18)16-13(15(19)20)9-6-7-9/h2-5,8-9,13H,6-7H2,1H3,(H,16,18)(H,19,20). The summed E-state index contributed by atoms with van der Waals surface area (Å²) in [6.45, 7) is 0. The van der Waals surface area contributed by atoms with Gasteiger partial charge in [0.2, 0.25) is 0 Å². The quantitative estimate of drug-likeness (QED) is 0.891. The summed E-state index contributed by atoms with van der Waals surface area (Å²) in [6.07, 6.45) is 3.48. The fraction of sp³-hybridized carbons (Fsp3) is 0.333. The zero-order chi connectivity index (χ0) is 14.3. The molecule has 1 fully saturated rings. The van der Waals surface area contributed by atoms with E-state index in [9.17, 15) is 14.7 Å². The van der Waals surface area contributed by atoms with Crippen LogP contribution in [0.2, 0.25) is 0 Å². The highest BCUT2D eigenvalue weighted by atomic mass is 16.4. The smallest absolute Gasteiger partial charge is 0.326 e. The van der Waals surface area contributed by atoms with Crippen molar-refractivity contribution in [3.05, 3.63) is 36.0 Å². The van der Waals surface area contributed by atoms with Crippen molar-refractivity contribution in [1.82, 2.24) is 9.88 Å². The summed E-state index contributed by atoms with van der Waals surface area (Å²) in [6, 6.07) is 6.81. The van der Waals surface area contributed by atoms with E-state index in [2.05, 4.69) is 5.32 Å². The summed E-state index contributed by atoms with van der Waals surface area (Å²) in [7, 11) is 1.87. The van der Waals surface area contributed by atoms with Crippen LogP contribution in [0.3, 0.4) is 0 Å². The van der Waals surface area contributed by atoms with Gasteiger partial charge in [-0.3, -0.25) is 4.79 Å². The van der Waals surface area contributed by atoms with E-state index in [-0.39, 0.29) is 11.8 Å². The van der Waals surface area contributed by atoms with E-state index >= 15 is 0 Å². The molecule has 0 aliphatic heterocycles. The van der Waals surface area contributed by atoms with Crippen molar-refractivity contribution in [2.24, 2.45) is 13.0 Å². The van der Waals surface area contributed by atoms with Gasteiger partial charge in [-0.1, -0.05) is 18.2 Å². The fourth-order valence-electron chi connectivity index (χ4n) is 2.55. The number of carbonyl (C=O) groups is 2. The Morgan fingerprint density at radius 1 is 1.35 bits per heavy atom. The predicted octanol–water partition coefficient (Wildman–Crippen LogP) is 1.77. The van der Waals surface area contributed by atoms with Crippen LogP contribution in [-0.2, 0) is 11.8 Å². The molecule has 1 amide bonds. The summed E-state index contributed by atoms with van der Waals surface area (Å²) < 4.78 is 1.87. The maximum Gasteiger partial charge on any atom is 0.326 e. The highest BCUT2D eigenvalue weighted by Gasteiger charge is 2.37. The normalized spacial score (nSPS) is 16.1. The number of benzene rings is 1. The molecule has 1 aliphatic rings. The van der Waals surface area contributed by atoms with Gasteiger partial charge in [-0.25, -0.2) is 4.79 Å². The van der Waals surface area contributed by atoms with Gasteiger partial charge in [0.15, 0.2) is 0 Å². The molecule has 2 N–H and O–H groups in total. The summed E-state index contributed by atoms with van der Waals surface area (Å²) in [5.74, 6) is -1.20. The zero-order valence-electron chi connectivity index (χ0n) is 11.2. The van der Waals surface area contributed by atoms with Gasteiger partial charge < -0.3 is 15.0 Å². The highest BCUT2D eigenvalue weighted by Crippen LogP contribution is 2.33. The Morgan fingerprint density at radius 3 is 2.70 bits per heavy atom. The molecule has 0 bridgehead atoms. The van der Waals surface area contributed by atoms with Crippen molar-refractivity contribution < 1.29 is 14.7 Å². The number of carboxylic acids is 1. The van der Waals surface area contributed by atoms with Gasteiger partial charge in [0.1, 0.15) is 6.04 Å². The first-order valence-electron chi connectivity index (χ1n) is 6.65. The lowest BCUT2D eigenvalue weighted by atomic mass is 10.1. The molecular formula is C15H16N2O3. The topological polar surface area (TPSA) is 71.3 Å². The molecule has 1 saturated carbocycles. The molecule has 5 heteroatoms. The molecule has 1 aliphatic carbocycles. The Morgan fingerprint density at radius 2 is 2.05 bits per heavy atom. The van der Waals surface area contributed by atoms with Crippen LogP contribution in [0.15, 0.2) is 30.5 Å². The van der Waals surface area contributed by atoms with Crippen molar-refractivity contribution in [3.63, 3.8) is 0 Å². The number of aryl methyl sites for hydroxylation is 1. The minimum atomic E-state index is -0.957. The third-order valence-electron chi connectivity index (χ3n) is 3.79. The molecule has 5 nitrogen and oxygen atoms in total. The average molecular weight is 272 g/mol. The molecule has 0 radical (unpaired) electrons. The van der Waals surface area contributed by atoms with Gasteiger partial charge in [-0.05, 0) is 24.8 Å². The van der Waals surface area contributed by atoms with Gasteiger partial charge >= 0.3 is 5.97 Å². The first kappa shape index (κ1) is 12.7. The second-order valence-electron chi connectivity index (χ2n) is 5.30. The number of hydrogen-bond acceptors (Lipinski definition) is 2. The summed E-state index contributed by atoms with van der Waals surface area (Å²) in [5.41, 5.74) is 1.48. The lowest BCUT2D eigenvalue weighted by molar-refractivity contribution is -0.139. The largest absolute Gasteiger partial charge is 0.480 e. The number of aromatic nitrogens is 1. The Hall–Kier alpha value is -2.30. The zero-order valence-corrected chi connectivity index (χ0v) is 11.2. The second-order valence-corrected chi connectivity index (χ2v) is 5.30. The Kier molecular flexibility index (Phi) is 2.97. The summed E-state index contributed by atoms with van der Waals surface area (Å²) >= 11 is 0. The third kappa shape index (κ3) is 2.15. The average Bonchev–Trinajstić information content (AvgIpc) is 3.20. The van der Waals surface area contributed by atoms with E-state index in [1.807, 2.05) is 35.9 Å². The van der Waals surface area contributed by atoms with Crippen LogP contribution in [0.25, 0.3) is 10.9 Å². The number of carbonyl (C=O) groups excluding carboxylic acids is 1. The highest BCUT2D eigenvalue weighted by molar-refractivity contribution is 6.07. The van der Waals surface area contributed by atoms with Crippen molar-refractivity contribution in [3.8, 4) is 0 Å². The van der Waals surface area contributed by atoms with Gasteiger partial charge in [0, 0.05) is 24.1 Å². The van der Waals surface area contributed by atoms with Crippen LogP contribution in [0.1, 0.15) is 23.2 Å². The maximum absolute atomic E-state index is 12.3. The molecule has 104 valence electrons. The molecule has 3 rings (SSSR count). The molecule has 0 spiro atoms. The molecule has 1 unspecified atom stereocenters. The molecule has 1 aromatic heterocycles. The van der Waals surface area contributed by atoms with E-state index in [1.165, 1.54) is 0 Å². The Balaban J connectivity index is 1.90. The van der Waals surface area contributed by atoms with Crippen LogP contribution < -0.4 is 5.32 Å². The van der Waals surface area contributed by atoms with E-state index in [1.54, 1.807) is 6.20 Å². The van der Waals surface area contributed by atoms with E-state index in [4.69, 9.17) is 0 Å². The summed E-state index contributed by atoms with van der Waals surface area (Å²) in [5, 5.41) is 12.7. The minimum Gasteiger partial charge on any atom is -0.480 e. The lowest BCUT2D eigenvalue weighted by Crippen LogP contribution is -2.42. The van der Waals surface area contributed by atoms with Gasteiger partial charge in [-0.2, -0.15) is 0 Å². The van der Waals surface area contributed by atoms with Crippen LogP contribution in [0.4, 0.5) is 0 Å². The first-order chi connectivity index (χ1) is 9.58. The van der Waals surface area contributed by atoms with Crippen LogP contribution in [-0.4, -0.2) is 27.6 Å². The molecule has 20 heavy (non-hydrogen) atoms. The molecule has 2 aromatic rings. The van der Waals surface area contributed by atoms with E-state index in [0.717, 1.165) is 23.7 Å². The van der Waals surface area contributed by atoms with Crippen molar-refractivity contribution in [2.45, 2.75) is 18.9 Å². The number of para-hydroxylation sites is 1. The molecule has 1 heterocycles. The first-order valence-corrected chi connectivity index (χ1v) is 6.65. The van der Waals surface area contributed by atoms with Crippen LogP contribution in [0.5, 0.6) is 0 Å². The third-order valence-corrected chi connectivity index (χ3v) is 3.79. The second kappa shape index (κ2) is 4.67. The maximum atomic E-state index is 12.3. The Labute approximate surface area is 116 Å². The number of nitrogens with one attached hydrogen (secondary N) is 1. The van der Waals surface area contributed by atoms with Gasteiger partial charge in [-0.15, -0.1) is 0 Å². The predicted molar refractivity (Wildman–Crippen MR) is 74.5 cm³/mol. The molecule has 1 aromatic carbocycles. The monoisotopic (exact) mass is 272 g/mol. The Bertz CT molecular complexity index is 685. The minimum absolute atomic E-state index is 0.0754. The van der Waals surface area contributed by atoms with Crippen LogP contribution in [0, 0.1) is 5.92 Å². The number of aliphatic carboxylic acids is 1. The number of rotatable bonds is 4. The van der Waals surface area contributed by atoms with Crippen LogP contribution >= 0.6 is 0 Å². The number of nitrogens with zero attached hydrogens (tertiary/aromatic N) is 1. The van der Waals surface area contributed by atoms with E-state index < -0.39 is 12.0 Å². The lowest BCUT2D eigenvalue weighted by Gasteiger charge is -2.12. The number of fused-ring (bicyclic) bond motifs is 1. The molecule has 0 saturated heterocycles. The van der Waals surface area contributed by atoms with Crippen molar-refractivity contribution >= 4 is 22.8 Å². The fourth-order valence-corrected chi connectivity index (χ4v) is 2.55. The molecule has 1 atom stereocenters. The van der Waals surface area contributed by atoms with Gasteiger partial charge in [0.05, 0.1) is 5.56 Å². The van der Waals surface area contributed by atoms with Crippen molar-refractivity contribution in [2.75, 3.05) is 0 Å².